The molecule has 2 bridgehead atoms. The minimum atomic E-state index is -0.638. The zero-order valence-corrected chi connectivity index (χ0v) is 13.3. The predicted octanol–water partition coefficient (Wildman–Crippen LogP) is 3.58. The first-order valence-electron chi connectivity index (χ1n) is 7.52. The van der Waals surface area contributed by atoms with Gasteiger partial charge in [0.25, 0.3) is 0 Å². The van der Waals surface area contributed by atoms with E-state index in [-0.39, 0.29) is 40.2 Å². The van der Waals surface area contributed by atoms with Crippen molar-refractivity contribution < 1.29 is 9.59 Å². The molecule has 0 aromatic heterocycles. The summed E-state index contributed by atoms with van der Waals surface area (Å²) in [7, 11) is 0. The van der Waals surface area contributed by atoms with Gasteiger partial charge in [-0.2, -0.15) is 0 Å². The van der Waals surface area contributed by atoms with Crippen LogP contribution in [-0.4, -0.2) is 11.6 Å². The van der Waals surface area contributed by atoms with Crippen molar-refractivity contribution in [2.45, 2.75) is 41.5 Å². The second-order valence-electron chi connectivity index (χ2n) is 8.63. The fraction of sp³-hybridized carbons (Fsp3) is 0.667. The Balaban J connectivity index is 2.30. The number of carbonyl (C=O) groups excluding carboxylic acids is 2. The van der Waals surface area contributed by atoms with E-state index >= 15 is 0 Å². The molecule has 0 spiro atoms. The smallest absolute Gasteiger partial charge is 0.210 e. The summed E-state index contributed by atoms with van der Waals surface area (Å²) in [5, 5.41) is 0. The molecule has 4 rings (SSSR count). The van der Waals surface area contributed by atoms with Crippen molar-refractivity contribution in [3.63, 3.8) is 0 Å². The van der Waals surface area contributed by atoms with E-state index in [2.05, 4.69) is 59.8 Å². The first-order valence-corrected chi connectivity index (χ1v) is 7.52. The van der Waals surface area contributed by atoms with Gasteiger partial charge in [-0.05, 0) is 16.7 Å². The molecule has 0 heterocycles. The van der Waals surface area contributed by atoms with Crippen LogP contribution in [0.2, 0.25) is 0 Å². The Kier molecular flexibility index (Phi) is 2.43. The Morgan fingerprint density at radius 3 is 2.00 bits per heavy atom. The molecule has 4 aliphatic carbocycles. The van der Waals surface area contributed by atoms with Gasteiger partial charge in [0.2, 0.25) is 11.6 Å². The summed E-state index contributed by atoms with van der Waals surface area (Å²) in [5.41, 5.74) is 0.227. The van der Waals surface area contributed by atoms with E-state index in [0.717, 1.165) is 0 Å². The van der Waals surface area contributed by atoms with E-state index in [0.29, 0.717) is 0 Å². The number of ketones is 2. The third kappa shape index (κ3) is 1.35. The van der Waals surface area contributed by atoms with Crippen LogP contribution >= 0.6 is 0 Å². The minimum absolute atomic E-state index is 0.0636. The summed E-state index contributed by atoms with van der Waals surface area (Å²) in [6.07, 6.45) is 6.45. The Labute approximate surface area is 121 Å². The Morgan fingerprint density at radius 1 is 1.00 bits per heavy atom. The molecule has 4 atom stereocenters. The minimum Gasteiger partial charge on any atom is -0.290 e. The van der Waals surface area contributed by atoms with Crippen LogP contribution in [0.25, 0.3) is 0 Å². The van der Waals surface area contributed by atoms with E-state index in [1.165, 1.54) is 5.57 Å². The third-order valence-corrected chi connectivity index (χ3v) is 5.57. The van der Waals surface area contributed by atoms with Crippen LogP contribution < -0.4 is 0 Å². The highest BCUT2D eigenvalue weighted by Gasteiger charge is 2.67. The van der Waals surface area contributed by atoms with Crippen molar-refractivity contribution >= 4 is 11.6 Å². The molecule has 0 radical (unpaired) electrons. The second-order valence-corrected chi connectivity index (χ2v) is 8.63. The van der Waals surface area contributed by atoms with Crippen molar-refractivity contribution in [1.82, 2.24) is 0 Å². The highest BCUT2D eigenvalue weighted by Crippen LogP contribution is 2.65. The first kappa shape index (κ1) is 13.8. The van der Waals surface area contributed by atoms with Gasteiger partial charge in [-0.25, -0.2) is 0 Å². The Hall–Kier alpha value is -1.18. The number of rotatable bonds is 0. The highest BCUT2D eigenvalue weighted by molar-refractivity contribution is 6.43. The molecule has 108 valence electrons. The Bertz CT molecular complexity index is 565. The van der Waals surface area contributed by atoms with Gasteiger partial charge < -0.3 is 0 Å². The second kappa shape index (κ2) is 3.52. The summed E-state index contributed by atoms with van der Waals surface area (Å²) in [6, 6.07) is 0. The van der Waals surface area contributed by atoms with Gasteiger partial charge in [-0.1, -0.05) is 65.3 Å². The van der Waals surface area contributed by atoms with Crippen molar-refractivity contribution in [3.8, 4) is 0 Å². The molecule has 2 heteroatoms. The molecule has 0 amide bonds. The highest BCUT2D eigenvalue weighted by atomic mass is 16.2. The molecule has 20 heavy (non-hydrogen) atoms. The maximum absolute atomic E-state index is 12.8. The van der Waals surface area contributed by atoms with Gasteiger partial charge in [0.1, 0.15) is 0 Å². The lowest BCUT2D eigenvalue weighted by Crippen LogP contribution is -2.65. The summed E-state index contributed by atoms with van der Waals surface area (Å²) >= 11 is 0. The van der Waals surface area contributed by atoms with Crippen LogP contribution in [0, 0.1) is 34.0 Å². The lowest BCUT2D eigenvalue weighted by atomic mass is 9.40. The van der Waals surface area contributed by atoms with Crippen molar-refractivity contribution in [1.29, 1.82) is 0 Å². The average Bonchev–Trinajstić information content (AvgIpc) is 2.22. The Morgan fingerprint density at radius 2 is 1.60 bits per heavy atom. The lowest BCUT2D eigenvalue weighted by molar-refractivity contribution is -0.158. The number of carbonyl (C=O) groups is 2. The fourth-order valence-corrected chi connectivity index (χ4v) is 4.38. The SMILES string of the molecule is CC(C)(C)C1=C[C@@]2(C(C)(C)C)C(=O)C(=O)[C@H]1[C@@H]1C=C[C@@H]12. The van der Waals surface area contributed by atoms with Crippen LogP contribution in [0.4, 0.5) is 0 Å². The van der Waals surface area contributed by atoms with E-state index < -0.39 is 5.41 Å². The maximum atomic E-state index is 12.8. The van der Waals surface area contributed by atoms with Crippen LogP contribution in [0.5, 0.6) is 0 Å². The summed E-state index contributed by atoms with van der Waals surface area (Å²) < 4.78 is 0. The van der Waals surface area contributed by atoms with Gasteiger partial charge in [-0.3, -0.25) is 9.59 Å². The van der Waals surface area contributed by atoms with Gasteiger partial charge in [0.05, 0.1) is 11.3 Å². The molecule has 0 aromatic rings. The van der Waals surface area contributed by atoms with Gasteiger partial charge in [-0.15, -0.1) is 0 Å². The van der Waals surface area contributed by atoms with Crippen molar-refractivity contribution in [2.75, 3.05) is 0 Å². The molecule has 4 aliphatic rings. The molecule has 0 saturated heterocycles. The van der Waals surface area contributed by atoms with E-state index in [4.69, 9.17) is 0 Å². The van der Waals surface area contributed by atoms with Crippen molar-refractivity contribution in [2.24, 2.45) is 34.0 Å². The first-order chi connectivity index (χ1) is 9.02. The zero-order chi connectivity index (χ0) is 15.1. The molecule has 0 aromatic carbocycles. The van der Waals surface area contributed by atoms with E-state index in [1.807, 2.05) is 0 Å². The molecule has 1 fully saturated rings. The molecular weight excluding hydrogens is 248 g/mol. The normalized spacial score (nSPS) is 39.5. The van der Waals surface area contributed by atoms with E-state index in [1.54, 1.807) is 0 Å². The summed E-state index contributed by atoms with van der Waals surface area (Å²) in [4.78, 5) is 25.5. The molecule has 0 N–H and O–H groups in total. The number of hydrogen-bond acceptors (Lipinski definition) is 2. The van der Waals surface area contributed by atoms with Gasteiger partial charge in [0, 0.05) is 5.92 Å². The predicted molar refractivity (Wildman–Crippen MR) is 79.1 cm³/mol. The van der Waals surface area contributed by atoms with Gasteiger partial charge in [0.15, 0.2) is 0 Å². The van der Waals surface area contributed by atoms with Crippen LogP contribution in [0.1, 0.15) is 41.5 Å². The molecule has 1 saturated carbocycles. The largest absolute Gasteiger partial charge is 0.290 e. The number of fused-ring (bicyclic) bond motifs is 1. The summed E-state index contributed by atoms with van der Waals surface area (Å²) in [5.74, 6) is -0.0734. The van der Waals surface area contributed by atoms with Crippen LogP contribution in [0.15, 0.2) is 23.8 Å². The zero-order valence-electron chi connectivity index (χ0n) is 13.3. The van der Waals surface area contributed by atoms with Crippen molar-refractivity contribution in [3.05, 3.63) is 23.8 Å². The number of Topliss-reactive ketones (excluding diaryl/α,β-unsaturated/α-hetero) is 2. The summed E-state index contributed by atoms with van der Waals surface area (Å²) in [6.45, 7) is 12.7. The quantitative estimate of drug-likeness (QED) is 0.499. The van der Waals surface area contributed by atoms with E-state index in [9.17, 15) is 9.59 Å². The van der Waals surface area contributed by atoms with Crippen LogP contribution in [0.3, 0.4) is 0 Å². The maximum Gasteiger partial charge on any atom is 0.210 e. The monoisotopic (exact) mass is 272 g/mol. The average molecular weight is 272 g/mol. The third-order valence-electron chi connectivity index (χ3n) is 5.57. The van der Waals surface area contributed by atoms with Crippen LogP contribution in [-0.2, 0) is 9.59 Å². The molecule has 0 aliphatic heterocycles. The molecule has 2 nitrogen and oxygen atoms in total. The fourth-order valence-electron chi connectivity index (χ4n) is 4.38. The molecular formula is C18H24O2. The standard InChI is InChI=1S/C18H24O2/c1-16(2,3)12-9-18(17(4,5)6)11-8-7-10(11)13(12)14(19)15(18)20/h7-11,13H,1-6H3/t10-,11+,13+,18+/m1/s1. The lowest BCUT2D eigenvalue weighted by Gasteiger charge is -2.61. The topological polar surface area (TPSA) is 34.1 Å². The van der Waals surface area contributed by atoms with Gasteiger partial charge >= 0.3 is 0 Å². The molecule has 0 unspecified atom stereocenters. The number of hydrogen-bond donors (Lipinski definition) is 0. The number of allylic oxidation sites excluding steroid dienone is 4.